The summed E-state index contributed by atoms with van der Waals surface area (Å²) in [6.07, 6.45) is 11.2. The zero-order chi connectivity index (χ0) is 22.2. The minimum Gasteiger partial charge on any atom is -0.301 e. The number of carbonyl (C=O) groups excluding carboxylic acids is 1. The highest BCUT2D eigenvalue weighted by Gasteiger charge is 2.63. The van der Waals surface area contributed by atoms with E-state index >= 15 is 0 Å². The van der Waals surface area contributed by atoms with E-state index in [1.807, 2.05) is 47.0 Å². The van der Waals surface area contributed by atoms with E-state index in [0.717, 1.165) is 29.4 Å². The van der Waals surface area contributed by atoms with Crippen molar-refractivity contribution in [1.29, 1.82) is 0 Å². The fraction of sp³-hybridized carbons (Fsp3) is 0.654. The van der Waals surface area contributed by atoms with E-state index in [1.165, 1.54) is 38.5 Å². The second-order valence-corrected chi connectivity index (χ2v) is 11.2. The molecule has 0 heterocycles. The first-order chi connectivity index (χ1) is 14.8. The third-order valence-electron chi connectivity index (χ3n) is 8.45. The molecule has 3 aliphatic rings. The van der Waals surface area contributed by atoms with Gasteiger partial charge in [0.25, 0.3) is 11.2 Å². The average Bonchev–Trinajstić information content (AvgIpc) is 3.24. The van der Waals surface area contributed by atoms with Crippen LogP contribution in [0.15, 0.2) is 30.3 Å². The number of hydrazine groups is 1. The highest BCUT2D eigenvalue weighted by molar-refractivity contribution is 7.80. The molecule has 1 N–H and O–H groups in total. The number of anilines is 1. The Morgan fingerprint density at radius 1 is 1.13 bits per heavy atom. The van der Waals surface area contributed by atoms with E-state index < -0.39 is 0 Å². The summed E-state index contributed by atoms with van der Waals surface area (Å²) in [4.78, 5) is 16.5. The van der Waals surface area contributed by atoms with E-state index in [4.69, 9.17) is 12.2 Å². The van der Waals surface area contributed by atoms with E-state index in [9.17, 15) is 4.79 Å². The standard InChI is InChI=1S/C26H37N3OS/c1-25(2)19-15-16-26(3,17-19)23(25)24(31)28(27-4)18-22(30)29(20-11-7-5-8-12-20)21-13-9-6-10-14-21/h5,7-8,11-12,18-19,21,23H,6,9-10,13-17H2,1-4H3/p+1. The molecule has 3 fully saturated rings. The van der Waals surface area contributed by atoms with Crippen molar-refractivity contribution in [2.45, 2.75) is 78.2 Å². The Hall–Kier alpha value is -1.75. The molecule has 5 heteroatoms. The largest absolute Gasteiger partial charge is 0.318 e. The molecule has 1 amide bonds. The van der Waals surface area contributed by atoms with Gasteiger partial charge in [-0.2, -0.15) is 5.43 Å². The lowest BCUT2D eigenvalue weighted by Crippen LogP contribution is -2.49. The topological polar surface area (TPSA) is 35.4 Å². The summed E-state index contributed by atoms with van der Waals surface area (Å²) in [6, 6.07) is 10.4. The van der Waals surface area contributed by atoms with Crippen molar-refractivity contribution >= 4 is 35.0 Å². The van der Waals surface area contributed by atoms with Gasteiger partial charge in [0.15, 0.2) is 0 Å². The molecule has 3 atom stereocenters. The highest BCUT2D eigenvalue weighted by Crippen LogP contribution is 2.66. The van der Waals surface area contributed by atoms with Crippen LogP contribution in [-0.2, 0) is 4.79 Å². The number of nitrogens with one attached hydrogen (secondary N) is 1. The minimum atomic E-state index is 0.0147. The molecule has 2 bridgehead atoms. The van der Waals surface area contributed by atoms with Gasteiger partial charge in [-0.1, -0.05) is 62.9 Å². The molecule has 31 heavy (non-hydrogen) atoms. The zero-order valence-corrected chi connectivity index (χ0v) is 20.4. The van der Waals surface area contributed by atoms with Gasteiger partial charge in [0.2, 0.25) is 0 Å². The first kappa shape index (κ1) is 22.4. The Morgan fingerprint density at radius 2 is 1.81 bits per heavy atom. The Bertz CT molecular complexity index is 854. The van der Waals surface area contributed by atoms with Crippen LogP contribution in [-0.4, -0.2) is 34.9 Å². The molecule has 0 aliphatic heterocycles. The minimum absolute atomic E-state index is 0.0147. The van der Waals surface area contributed by atoms with Gasteiger partial charge in [0, 0.05) is 11.7 Å². The number of carbonyl (C=O) groups is 1. The molecule has 0 spiro atoms. The fourth-order valence-corrected chi connectivity index (χ4v) is 7.65. The van der Waals surface area contributed by atoms with Crippen LogP contribution in [0, 0.1) is 22.7 Å². The molecule has 4 nitrogen and oxygen atoms in total. The molecular weight excluding hydrogens is 402 g/mol. The molecule has 3 unspecified atom stereocenters. The summed E-state index contributed by atoms with van der Waals surface area (Å²) < 4.78 is 1.84. The van der Waals surface area contributed by atoms with Crippen molar-refractivity contribution in [2.75, 3.05) is 11.9 Å². The smallest absolute Gasteiger partial charge is 0.301 e. The summed E-state index contributed by atoms with van der Waals surface area (Å²) >= 11 is 6.06. The predicted molar refractivity (Wildman–Crippen MR) is 132 cm³/mol. The van der Waals surface area contributed by atoms with Crippen molar-refractivity contribution < 1.29 is 9.48 Å². The second kappa shape index (κ2) is 8.65. The molecule has 1 aromatic rings. The molecule has 1 aromatic carbocycles. The Balaban J connectivity index is 1.64. The van der Waals surface area contributed by atoms with Crippen LogP contribution in [0.25, 0.3) is 0 Å². The van der Waals surface area contributed by atoms with Crippen molar-refractivity contribution in [3.63, 3.8) is 0 Å². The van der Waals surface area contributed by atoms with Crippen LogP contribution in [0.5, 0.6) is 0 Å². The number of benzene rings is 1. The Kier molecular flexibility index (Phi) is 6.26. The first-order valence-corrected chi connectivity index (χ1v) is 12.4. The summed E-state index contributed by atoms with van der Waals surface area (Å²) in [5.74, 6) is 1.03. The van der Waals surface area contributed by atoms with Gasteiger partial charge in [0.05, 0.1) is 13.0 Å². The van der Waals surface area contributed by atoms with Gasteiger partial charge in [-0.15, -0.1) is 0 Å². The first-order valence-electron chi connectivity index (χ1n) is 12.0. The fourth-order valence-electron chi connectivity index (χ4n) is 6.91. The van der Waals surface area contributed by atoms with Gasteiger partial charge in [-0.3, -0.25) is 4.79 Å². The lowest BCUT2D eigenvalue weighted by molar-refractivity contribution is -0.469. The number of hydrazone groups is 1. The molecule has 4 rings (SSSR count). The van der Waals surface area contributed by atoms with Crippen LogP contribution < -0.4 is 10.3 Å². The van der Waals surface area contributed by atoms with E-state index in [1.54, 1.807) is 6.21 Å². The lowest BCUT2D eigenvalue weighted by atomic mass is 9.64. The SMILES string of the molecule is CN[N+](=CC(=O)N(c1ccccc1)C1CCCCC1)C(=S)C1C2(C)CCC(C2)C1(C)C. The van der Waals surface area contributed by atoms with E-state index in [2.05, 4.69) is 26.2 Å². The Morgan fingerprint density at radius 3 is 2.39 bits per heavy atom. The molecule has 0 radical (unpaired) electrons. The maximum atomic E-state index is 13.7. The van der Waals surface area contributed by atoms with Crippen molar-refractivity contribution in [3.05, 3.63) is 30.3 Å². The number of para-hydroxylation sites is 1. The van der Waals surface area contributed by atoms with Crippen LogP contribution in [0.3, 0.4) is 0 Å². The lowest BCUT2D eigenvalue weighted by Gasteiger charge is -2.40. The van der Waals surface area contributed by atoms with Gasteiger partial charge < -0.3 is 4.90 Å². The third kappa shape index (κ3) is 4.06. The molecule has 0 aromatic heterocycles. The van der Waals surface area contributed by atoms with Gasteiger partial charge >= 0.3 is 5.91 Å². The number of fused-ring (bicyclic) bond motifs is 2. The van der Waals surface area contributed by atoms with Crippen molar-refractivity contribution in [2.24, 2.45) is 22.7 Å². The number of hydrogen-bond donors (Lipinski definition) is 1. The van der Waals surface area contributed by atoms with Crippen LogP contribution in [0.4, 0.5) is 5.69 Å². The maximum Gasteiger partial charge on any atom is 0.318 e. The average molecular weight is 441 g/mol. The number of thiocarbonyl (C=S) groups is 1. The quantitative estimate of drug-likeness (QED) is 0.290. The number of rotatable bonds is 5. The summed E-state index contributed by atoms with van der Waals surface area (Å²) in [5.41, 5.74) is 4.60. The number of amides is 1. The summed E-state index contributed by atoms with van der Waals surface area (Å²) in [6.45, 7) is 7.13. The second-order valence-electron chi connectivity index (χ2n) is 10.7. The van der Waals surface area contributed by atoms with Crippen LogP contribution >= 0.6 is 12.2 Å². The van der Waals surface area contributed by atoms with Gasteiger partial charge in [0.1, 0.15) is 0 Å². The van der Waals surface area contributed by atoms with Crippen molar-refractivity contribution in [1.82, 2.24) is 5.43 Å². The summed E-state index contributed by atoms with van der Waals surface area (Å²) in [7, 11) is 1.87. The molecule has 0 saturated heterocycles. The molecule has 3 aliphatic carbocycles. The number of hydrogen-bond acceptors (Lipinski definition) is 3. The van der Waals surface area contributed by atoms with E-state index in [0.29, 0.717) is 5.92 Å². The van der Waals surface area contributed by atoms with Crippen LogP contribution in [0.1, 0.15) is 72.1 Å². The van der Waals surface area contributed by atoms with Gasteiger partial charge in [-0.05, 0) is 73.2 Å². The Labute approximate surface area is 193 Å². The normalized spacial score (nSPS) is 30.3. The zero-order valence-electron chi connectivity index (χ0n) is 19.6. The summed E-state index contributed by atoms with van der Waals surface area (Å²) in [5, 5.41) is 0. The highest BCUT2D eigenvalue weighted by atomic mass is 32.1. The van der Waals surface area contributed by atoms with Crippen LogP contribution in [0.2, 0.25) is 0 Å². The van der Waals surface area contributed by atoms with Crippen molar-refractivity contribution in [3.8, 4) is 0 Å². The van der Waals surface area contributed by atoms with E-state index in [-0.39, 0.29) is 22.8 Å². The molecule has 3 saturated carbocycles. The maximum absolute atomic E-state index is 13.7. The molecule has 168 valence electrons. The number of nitrogens with zero attached hydrogens (tertiary/aromatic N) is 2. The predicted octanol–water partition coefficient (Wildman–Crippen LogP) is 5.36. The molecular formula is C26H38N3OS+. The monoisotopic (exact) mass is 440 g/mol. The third-order valence-corrected chi connectivity index (χ3v) is 8.88. The van der Waals surface area contributed by atoms with Gasteiger partial charge in [-0.25, -0.2) is 0 Å².